The van der Waals surface area contributed by atoms with Gasteiger partial charge >= 0.3 is 0 Å². The molecule has 0 spiro atoms. The number of nitrogens with two attached hydrogens (primary N) is 1. The van der Waals surface area contributed by atoms with Crippen molar-refractivity contribution in [2.75, 3.05) is 18.9 Å². The molecular weight excluding hydrogens is 276 g/mol. The normalized spacial score (nSPS) is 20.9. The first kappa shape index (κ1) is 15.3. The van der Waals surface area contributed by atoms with Gasteiger partial charge in [-0.2, -0.15) is 4.31 Å². The van der Waals surface area contributed by atoms with Gasteiger partial charge in [0.05, 0.1) is 5.75 Å². The molecule has 1 fully saturated rings. The maximum absolute atomic E-state index is 12.6. The molecule has 1 unspecified atom stereocenters. The molecule has 1 atom stereocenters. The van der Waals surface area contributed by atoms with Gasteiger partial charge in [0.15, 0.2) is 0 Å². The van der Waals surface area contributed by atoms with Crippen LogP contribution in [0.1, 0.15) is 31.2 Å². The van der Waals surface area contributed by atoms with Crippen LogP contribution in [-0.2, 0) is 15.8 Å². The van der Waals surface area contributed by atoms with E-state index in [1.807, 2.05) is 0 Å². The van der Waals surface area contributed by atoms with Gasteiger partial charge in [-0.15, -0.1) is 0 Å². The Balaban J connectivity index is 2.18. The molecule has 6 heteroatoms. The lowest BCUT2D eigenvalue weighted by molar-refractivity contribution is 0.192. The van der Waals surface area contributed by atoms with Crippen LogP contribution in [0.2, 0.25) is 0 Å². The number of para-hydroxylation sites is 1. The van der Waals surface area contributed by atoms with Gasteiger partial charge < -0.3 is 10.8 Å². The van der Waals surface area contributed by atoms with E-state index >= 15 is 0 Å². The molecule has 0 bridgehead atoms. The Bertz CT molecular complexity index is 543. The Hall–Kier alpha value is -1.11. The highest BCUT2D eigenvalue weighted by atomic mass is 32.2. The van der Waals surface area contributed by atoms with Crippen LogP contribution in [0, 0.1) is 0 Å². The lowest BCUT2D eigenvalue weighted by Crippen LogP contribution is -2.44. The SMILES string of the molecule is Nc1ccccc1CS(=O)(=O)N1CCCCC1CCO. The van der Waals surface area contributed by atoms with Crippen molar-refractivity contribution in [3.63, 3.8) is 0 Å². The Kier molecular flexibility index (Phi) is 5.01. The fraction of sp³-hybridized carbons (Fsp3) is 0.571. The first-order valence-corrected chi connectivity index (χ1v) is 8.59. The number of nitrogen functional groups attached to an aromatic ring is 1. The van der Waals surface area contributed by atoms with Crippen LogP contribution >= 0.6 is 0 Å². The van der Waals surface area contributed by atoms with Gasteiger partial charge in [0, 0.05) is 24.9 Å². The van der Waals surface area contributed by atoms with Crippen molar-refractivity contribution in [2.24, 2.45) is 0 Å². The summed E-state index contributed by atoms with van der Waals surface area (Å²) < 4.78 is 26.7. The summed E-state index contributed by atoms with van der Waals surface area (Å²) in [5, 5.41) is 9.09. The van der Waals surface area contributed by atoms with Crippen molar-refractivity contribution in [1.29, 1.82) is 0 Å². The lowest BCUT2D eigenvalue weighted by Gasteiger charge is -2.34. The zero-order valence-electron chi connectivity index (χ0n) is 11.5. The minimum absolute atomic E-state index is 0.0180. The largest absolute Gasteiger partial charge is 0.398 e. The summed E-state index contributed by atoms with van der Waals surface area (Å²) in [4.78, 5) is 0. The Labute approximate surface area is 120 Å². The minimum Gasteiger partial charge on any atom is -0.398 e. The van der Waals surface area contributed by atoms with Gasteiger partial charge in [-0.05, 0) is 30.9 Å². The summed E-state index contributed by atoms with van der Waals surface area (Å²) in [7, 11) is -3.39. The lowest BCUT2D eigenvalue weighted by atomic mass is 10.0. The summed E-state index contributed by atoms with van der Waals surface area (Å²) in [6.45, 7) is 0.559. The number of hydrogen-bond acceptors (Lipinski definition) is 4. The highest BCUT2D eigenvalue weighted by Crippen LogP contribution is 2.25. The van der Waals surface area contributed by atoms with Crippen LogP contribution in [0.15, 0.2) is 24.3 Å². The van der Waals surface area contributed by atoms with E-state index in [-0.39, 0.29) is 18.4 Å². The Morgan fingerprint density at radius 2 is 2.05 bits per heavy atom. The molecule has 0 amide bonds. The number of aliphatic hydroxyl groups is 1. The van der Waals surface area contributed by atoms with Gasteiger partial charge in [-0.3, -0.25) is 0 Å². The molecule has 20 heavy (non-hydrogen) atoms. The van der Waals surface area contributed by atoms with E-state index in [0.717, 1.165) is 19.3 Å². The van der Waals surface area contributed by atoms with Crippen LogP contribution in [0.3, 0.4) is 0 Å². The average Bonchev–Trinajstić information content (AvgIpc) is 2.42. The summed E-state index contributed by atoms with van der Waals surface area (Å²) in [5.41, 5.74) is 6.97. The first-order chi connectivity index (χ1) is 9.54. The Morgan fingerprint density at radius 3 is 2.75 bits per heavy atom. The number of piperidine rings is 1. The number of anilines is 1. The summed E-state index contributed by atoms with van der Waals surface area (Å²) in [5.74, 6) is -0.0679. The van der Waals surface area contributed by atoms with E-state index in [0.29, 0.717) is 24.2 Å². The molecule has 5 nitrogen and oxygen atoms in total. The number of hydrogen-bond donors (Lipinski definition) is 2. The molecule has 1 heterocycles. The molecule has 1 aliphatic rings. The molecule has 1 saturated heterocycles. The number of benzene rings is 1. The molecule has 0 aromatic heterocycles. The third-order valence-corrected chi connectivity index (χ3v) is 5.66. The van der Waals surface area contributed by atoms with E-state index in [4.69, 9.17) is 10.8 Å². The second-order valence-electron chi connectivity index (χ2n) is 5.23. The highest BCUT2D eigenvalue weighted by molar-refractivity contribution is 7.88. The van der Waals surface area contributed by atoms with Crippen LogP contribution in [0.4, 0.5) is 5.69 Å². The van der Waals surface area contributed by atoms with E-state index in [9.17, 15) is 8.42 Å². The summed E-state index contributed by atoms with van der Waals surface area (Å²) in [6, 6.07) is 6.97. The minimum atomic E-state index is -3.39. The van der Waals surface area contributed by atoms with Crippen molar-refractivity contribution in [3.05, 3.63) is 29.8 Å². The number of nitrogens with zero attached hydrogens (tertiary/aromatic N) is 1. The first-order valence-electron chi connectivity index (χ1n) is 6.98. The third-order valence-electron chi connectivity index (χ3n) is 3.79. The predicted molar refractivity (Wildman–Crippen MR) is 79.5 cm³/mol. The Morgan fingerprint density at radius 1 is 1.30 bits per heavy atom. The monoisotopic (exact) mass is 298 g/mol. The summed E-state index contributed by atoms with van der Waals surface area (Å²) >= 11 is 0. The molecule has 3 N–H and O–H groups in total. The fourth-order valence-electron chi connectivity index (χ4n) is 2.72. The smallest absolute Gasteiger partial charge is 0.218 e. The van der Waals surface area contributed by atoms with Gasteiger partial charge in [0.25, 0.3) is 0 Å². The standard InChI is InChI=1S/C14H22N2O3S/c15-14-7-2-1-5-12(14)11-20(18,19)16-9-4-3-6-13(16)8-10-17/h1-2,5,7,13,17H,3-4,6,8-11,15H2. The average molecular weight is 298 g/mol. The van der Waals surface area contributed by atoms with Gasteiger partial charge in [-0.1, -0.05) is 24.6 Å². The molecular formula is C14H22N2O3S. The summed E-state index contributed by atoms with van der Waals surface area (Å²) in [6.07, 6.45) is 3.23. The van der Waals surface area contributed by atoms with Crippen LogP contribution < -0.4 is 5.73 Å². The van der Waals surface area contributed by atoms with Gasteiger partial charge in [0.2, 0.25) is 10.0 Å². The van der Waals surface area contributed by atoms with Crippen molar-refractivity contribution >= 4 is 15.7 Å². The molecule has 0 saturated carbocycles. The molecule has 0 radical (unpaired) electrons. The van der Waals surface area contributed by atoms with Crippen molar-refractivity contribution in [1.82, 2.24) is 4.31 Å². The van der Waals surface area contributed by atoms with Crippen LogP contribution in [0.5, 0.6) is 0 Å². The maximum atomic E-state index is 12.6. The molecule has 1 aromatic rings. The molecule has 0 aliphatic carbocycles. The maximum Gasteiger partial charge on any atom is 0.218 e. The second-order valence-corrected chi connectivity index (χ2v) is 7.15. The topological polar surface area (TPSA) is 83.6 Å². The van der Waals surface area contributed by atoms with Crippen molar-refractivity contribution in [2.45, 2.75) is 37.5 Å². The highest BCUT2D eigenvalue weighted by Gasteiger charge is 2.32. The van der Waals surface area contributed by atoms with Crippen LogP contribution in [-0.4, -0.2) is 37.0 Å². The van der Waals surface area contributed by atoms with Crippen molar-refractivity contribution < 1.29 is 13.5 Å². The quantitative estimate of drug-likeness (QED) is 0.803. The molecule has 2 rings (SSSR count). The van der Waals surface area contributed by atoms with Gasteiger partial charge in [-0.25, -0.2) is 8.42 Å². The van der Waals surface area contributed by atoms with E-state index < -0.39 is 10.0 Å². The number of sulfonamides is 1. The van der Waals surface area contributed by atoms with E-state index in [2.05, 4.69) is 0 Å². The second kappa shape index (κ2) is 6.56. The number of aliphatic hydroxyl groups excluding tert-OH is 1. The van der Waals surface area contributed by atoms with Crippen molar-refractivity contribution in [3.8, 4) is 0 Å². The predicted octanol–water partition coefficient (Wildman–Crippen LogP) is 1.34. The van der Waals surface area contributed by atoms with E-state index in [1.54, 1.807) is 28.6 Å². The zero-order valence-corrected chi connectivity index (χ0v) is 12.3. The number of rotatable bonds is 5. The van der Waals surface area contributed by atoms with Gasteiger partial charge in [0.1, 0.15) is 0 Å². The molecule has 1 aliphatic heterocycles. The van der Waals surface area contributed by atoms with E-state index in [1.165, 1.54) is 0 Å². The van der Waals surface area contributed by atoms with Crippen LogP contribution in [0.25, 0.3) is 0 Å². The zero-order chi connectivity index (χ0) is 14.6. The molecule has 1 aromatic carbocycles. The fourth-order valence-corrected chi connectivity index (χ4v) is 4.62. The third kappa shape index (κ3) is 3.50. The molecule has 112 valence electrons.